The van der Waals surface area contributed by atoms with Crippen LogP contribution < -0.4 is 0 Å². The number of allylic oxidation sites excluding steroid dienone is 4. The fourth-order valence-corrected chi connectivity index (χ4v) is 5.37. The average molecular weight is 401 g/mol. The SMILES string of the molecule is CC=CCCC1CCC(C2CC=C(c3ccc(CCCC)c(F)c3F)CC2)CC1. The lowest BCUT2D eigenvalue weighted by atomic mass is 9.70. The molecule has 0 spiro atoms. The smallest absolute Gasteiger partial charge is 0.166 e. The first-order chi connectivity index (χ1) is 14.1. The molecule has 0 aliphatic heterocycles. The second-order valence-corrected chi connectivity index (χ2v) is 9.19. The predicted octanol–water partition coefficient (Wildman–Crippen LogP) is 8.65. The molecule has 1 atom stereocenters. The van der Waals surface area contributed by atoms with Crippen LogP contribution in [0.25, 0.3) is 5.57 Å². The van der Waals surface area contributed by atoms with Crippen molar-refractivity contribution in [1.29, 1.82) is 0 Å². The molecule has 0 bridgehead atoms. The molecule has 2 aliphatic rings. The third-order valence-electron chi connectivity index (χ3n) is 7.29. The quantitative estimate of drug-likeness (QED) is 0.383. The fourth-order valence-electron chi connectivity index (χ4n) is 5.37. The van der Waals surface area contributed by atoms with Crippen molar-refractivity contribution in [3.63, 3.8) is 0 Å². The van der Waals surface area contributed by atoms with E-state index in [0.717, 1.165) is 55.4 Å². The lowest BCUT2D eigenvalue weighted by Crippen LogP contribution is -2.23. The molecule has 0 N–H and O–H groups in total. The van der Waals surface area contributed by atoms with Gasteiger partial charge in [-0.1, -0.05) is 56.5 Å². The summed E-state index contributed by atoms with van der Waals surface area (Å²) in [7, 11) is 0. The molecule has 1 fully saturated rings. The Kier molecular flexibility index (Phi) is 8.51. The van der Waals surface area contributed by atoms with E-state index >= 15 is 0 Å². The van der Waals surface area contributed by atoms with Gasteiger partial charge in [-0.25, -0.2) is 8.78 Å². The van der Waals surface area contributed by atoms with Gasteiger partial charge in [0.1, 0.15) is 0 Å². The minimum atomic E-state index is -0.634. The lowest BCUT2D eigenvalue weighted by Gasteiger charge is -2.35. The van der Waals surface area contributed by atoms with Crippen LogP contribution in [0.4, 0.5) is 8.78 Å². The van der Waals surface area contributed by atoms with Gasteiger partial charge in [-0.3, -0.25) is 0 Å². The Morgan fingerprint density at radius 1 is 1.00 bits per heavy atom. The summed E-state index contributed by atoms with van der Waals surface area (Å²) in [6.07, 6.45) is 20.2. The Labute approximate surface area is 176 Å². The van der Waals surface area contributed by atoms with Crippen LogP contribution in [0.15, 0.2) is 30.4 Å². The number of aryl methyl sites for hydroxylation is 1. The molecule has 0 heterocycles. The molecule has 0 amide bonds. The van der Waals surface area contributed by atoms with Crippen molar-refractivity contribution in [2.24, 2.45) is 17.8 Å². The Hall–Kier alpha value is -1.44. The summed E-state index contributed by atoms with van der Waals surface area (Å²) >= 11 is 0. The molecule has 1 unspecified atom stereocenters. The van der Waals surface area contributed by atoms with Crippen LogP contribution in [0, 0.1) is 29.4 Å². The summed E-state index contributed by atoms with van der Waals surface area (Å²) in [4.78, 5) is 0. The summed E-state index contributed by atoms with van der Waals surface area (Å²) < 4.78 is 29.1. The summed E-state index contributed by atoms with van der Waals surface area (Å²) in [5.74, 6) is 1.19. The summed E-state index contributed by atoms with van der Waals surface area (Å²) in [6.45, 7) is 4.17. The zero-order valence-corrected chi connectivity index (χ0v) is 18.4. The van der Waals surface area contributed by atoms with E-state index < -0.39 is 11.6 Å². The van der Waals surface area contributed by atoms with Crippen molar-refractivity contribution in [2.45, 2.75) is 90.9 Å². The molecule has 0 aromatic heterocycles. The van der Waals surface area contributed by atoms with Gasteiger partial charge in [0.25, 0.3) is 0 Å². The molecule has 160 valence electrons. The van der Waals surface area contributed by atoms with Crippen LogP contribution >= 0.6 is 0 Å². The molecule has 0 nitrogen and oxygen atoms in total. The van der Waals surface area contributed by atoms with Gasteiger partial charge < -0.3 is 0 Å². The number of hydrogen-bond acceptors (Lipinski definition) is 0. The van der Waals surface area contributed by atoms with E-state index in [1.807, 2.05) is 6.07 Å². The number of benzene rings is 1. The van der Waals surface area contributed by atoms with Gasteiger partial charge in [-0.15, -0.1) is 0 Å². The van der Waals surface area contributed by atoms with Crippen LogP contribution in [0.3, 0.4) is 0 Å². The highest BCUT2D eigenvalue weighted by atomic mass is 19.2. The number of halogens is 2. The van der Waals surface area contributed by atoms with Crippen LogP contribution in [0.5, 0.6) is 0 Å². The van der Waals surface area contributed by atoms with E-state index in [4.69, 9.17) is 0 Å². The first kappa shape index (κ1) is 22.2. The molecule has 0 saturated heterocycles. The molecule has 2 heteroatoms. The molecule has 1 aromatic carbocycles. The Balaban J connectivity index is 1.55. The minimum absolute atomic E-state index is 0.494. The molecular weight excluding hydrogens is 362 g/mol. The van der Waals surface area contributed by atoms with Crippen molar-refractivity contribution in [1.82, 2.24) is 0 Å². The second-order valence-electron chi connectivity index (χ2n) is 9.19. The molecule has 29 heavy (non-hydrogen) atoms. The predicted molar refractivity (Wildman–Crippen MR) is 120 cm³/mol. The zero-order valence-electron chi connectivity index (χ0n) is 18.4. The van der Waals surface area contributed by atoms with E-state index in [1.54, 1.807) is 6.07 Å². The van der Waals surface area contributed by atoms with E-state index in [0.29, 0.717) is 17.5 Å². The maximum atomic E-state index is 14.7. The lowest BCUT2D eigenvalue weighted by molar-refractivity contribution is 0.190. The molecule has 1 saturated carbocycles. The van der Waals surface area contributed by atoms with Crippen LogP contribution in [-0.4, -0.2) is 0 Å². The first-order valence-corrected chi connectivity index (χ1v) is 11.9. The Bertz CT molecular complexity index is 707. The number of unbranched alkanes of at least 4 members (excludes halogenated alkanes) is 1. The van der Waals surface area contributed by atoms with E-state index in [1.165, 1.54) is 38.5 Å². The maximum Gasteiger partial charge on any atom is 0.166 e. The summed E-state index contributed by atoms with van der Waals surface area (Å²) in [5.41, 5.74) is 2.03. The topological polar surface area (TPSA) is 0 Å². The number of hydrogen-bond donors (Lipinski definition) is 0. The largest absolute Gasteiger partial charge is 0.203 e. The van der Waals surface area contributed by atoms with E-state index in [9.17, 15) is 8.78 Å². The molecule has 0 radical (unpaired) electrons. The van der Waals surface area contributed by atoms with Crippen LogP contribution in [-0.2, 0) is 6.42 Å². The standard InChI is InChI=1S/C27H38F2/c1-3-5-7-8-20-10-12-21(13-11-20)22-14-16-23(17-15-22)25-19-18-24(9-6-4-2)26(28)27(25)29/h3,5,16,18-22H,4,6-15,17H2,1-2H3. The van der Waals surface area contributed by atoms with Gasteiger partial charge in [0.2, 0.25) is 0 Å². The van der Waals surface area contributed by atoms with E-state index in [-0.39, 0.29) is 0 Å². The molecular formula is C27H38F2. The van der Waals surface area contributed by atoms with Crippen molar-refractivity contribution in [3.05, 3.63) is 53.1 Å². The van der Waals surface area contributed by atoms with Crippen molar-refractivity contribution in [2.75, 3.05) is 0 Å². The first-order valence-electron chi connectivity index (χ1n) is 11.9. The number of rotatable bonds is 8. The molecule has 2 aliphatic carbocycles. The van der Waals surface area contributed by atoms with Crippen molar-refractivity contribution >= 4 is 5.57 Å². The molecule has 1 aromatic rings. The highest BCUT2D eigenvalue weighted by Crippen LogP contribution is 2.42. The second kappa shape index (κ2) is 11.1. The van der Waals surface area contributed by atoms with Crippen LogP contribution in [0.1, 0.15) is 95.6 Å². The van der Waals surface area contributed by atoms with Gasteiger partial charge in [0.05, 0.1) is 0 Å². The zero-order chi connectivity index (χ0) is 20.6. The Morgan fingerprint density at radius 3 is 2.45 bits per heavy atom. The van der Waals surface area contributed by atoms with Crippen LogP contribution in [0.2, 0.25) is 0 Å². The van der Waals surface area contributed by atoms with Gasteiger partial charge >= 0.3 is 0 Å². The van der Waals surface area contributed by atoms with E-state index in [2.05, 4.69) is 32.1 Å². The van der Waals surface area contributed by atoms with Gasteiger partial charge in [-0.05, 0) is 93.6 Å². The fraction of sp³-hybridized carbons (Fsp3) is 0.630. The highest BCUT2D eigenvalue weighted by Gasteiger charge is 2.29. The normalized spacial score (nSPS) is 25.4. The van der Waals surface area contributed by atoms with Gasteiger partial charge in [-0.2, -0.15) is 0 Å². The third kappa shape index (κ3) is 5.80. The van der Waals surface area contributed by atoms with Crippen molar-refractivity contribution in [3.8, 4) is 0 Å². The monoisotopic (exact) mass is 400 g/mol. The summed E-state index contributed by atoms with van der Waals surface area (Å²) in [6, 6.07) is 3.61. The molecule has 3 rings (SSSR count). The maximum absolute atomic E-state index is 14.7. The van der Waals surface area contributed by atoms with Gasteiger partial charge in [0, 0.05) is 5.56 Å². The third-order valence-corrected chi connectivity index (χ3v) is 7.29. The van der Waals surface area contributed by atoms with Gasteiger partial charge in [0.15, 0.2) is 11.6 Å². The highest BCUT2D eigenvalue weighted by molar-refractivity contribution is 5.67. The Morgan fingerprint density at radius 2 is 1.79 bits per heavy atom. The van der Waals surface area contributed by atoms with Crippen molar-refractivity contribution < 1.29 is 8.78 Å². The minimum Gasteiger partial charge on any atom is -0.203 e. The average Bonchev–Trinajstić information content (AvgIpc) is 2.76. The summed E-state index contributed by atoms with van der Waals surface area (Å²) in [5, 5.41) is 0.